The van der Waals surface area contributed by atoms with Crippen LogP contribution in [0.2, 0.25) is 0 Å². The molecule has 8 heteroatoms. The molecule has 118 valence electrons. The van der Waals surface area contributed by atoms with Gasteiger partial charge in [0.05, 0.1) is 30.5 Å². The van der Waals surface area contributed by atoms with Gasteiger partial charge in [-0.2, -0.15) is 0 Å². The molecule has 7 nitrogen and oxygen atoms in total. The van der Waals surface area contributed by atoms with Gasteiger partial charge in [0, 0.05) is 0 Å². The fourth-order valence-electron chi connectivity index (χ4n) is 2.68. The Morgan fingerprint density at radius 2 is 2.24 bits per heavy atom. The number of methoxy groups -OCH3 is 1. The molecule has 1 heterocycles. The second-order valence-corrected chi connectivity index (χ2v) is 7.22. The number of carbonyl (C=O) groups excluding carboxylic acids is 1. The highest BCUT2D eigenvalue weighted by Gasteiger charge is 2.42. The number of oxazole rings is 1. The summed E-state index contributed by atoms with van der Waals surface area (Å²) < 4.78 is 37.5. The first-order chi connectivity index (χ1) is 9.85. The van der Waals surface area contributed by atoms with Gasteiger partial charge in [0.1, 0.15) is 5.76 Å². The van der Waals surface area contributed by atoms with Crippen molar-refractivity contribution in [3.8, 4) is 0 Å². The minimum absolute atomic E-state index is 0.309. The second-order valence-electron chi connectivity index (χ2n) is 5.29. The van der Waals surface area contributed by atoms with E-state index in [0.29, 0.717) is 30.9 Å². The van der Waals surface area contributed by atoms with Crippen LogP contribution in [-0.4, -0.2) is 31.7 Å². The maximum absolute atomic E-state index is 12.5. The van der Waals surface area contributed by atoms with Gasteiger partial charge in [0.15, 0.2) is 0 Å². The van der Waals surface area contributed by atoms with E-state index in [-0.39, 0.29) is 0 Å². The molecule has 1 saturated carbocycles. The summed E-state index contributed by atoms with van der Waals surface area (Å²) in [5.74, 6) is -0.151. The van der Waals surface area contributed by atoms with Gasteiger partial charge < -0.3 is 9.15 Å². The number of sulfonamides is 1. The number of aryl methyl sites for hydroxylation is 1. The maximum Gasteiger partial charge on any atom is 0.310 e. The highest BCUT2D eigenvalue weighted by Crippen LogP contribution is 2.32. The van der Waals surface area contributed by atoms with Crippen LogP contribution < -0.4 is 4.72 Å². The monoisotopic (exact) mass is 316 g/mol. The van der Waals surface area contributed by atoms with Gasteiger partial charge in [-0.15, -0.1) is 0 Å². The normalized spacial score (nSPS) is 24.0. The lowest BCUT2D eigenvalue weighted by Crippen LogP contribution is -2.40. The number of hydrogen-bond donors (Lipinski definition) is 1. The van der Waals surface area contributed by atoms with Crippen molar-refractivity contribution in [3.05, 3.63) is 17.8 Å². The molecule has 1 aliphatic rings. The summed E-state index contributed by atoms with van der Waals surface area (Å²) in [4.78, 5) is 15.7. The molecular weight excluding hydrogens is 296 g/mol. The van der Waals surface area contributed by atoms with Crippen molar-refractivity contribution < 1.29 is 22.4 Å². The number of esters is 1. The molecule has 0 spiro atoms. The molecule has 0 amide bonds. The van der Waals surface area contributed by atoms with E-state index < -0.39 is 33.2 Å². The molecule has 21 heavy (non-hydrogen) atoms. The van der Waals surface area contributed by atoms with E-state index in [1.165, 1.54) is 13.3 Å². The van der Waals surface area contributed by atoms with Crippen LogP contribution in [0.15, 0.2) is 10.6 Å². The van der Waals surface area contributed by atoms with Gasteiger partial charge >= 0.3 is 5.97 Å². The van der Waals surface area contributed by atoms with E-state index in [4.69, 9.17) is 9.15 Å². The maximum atomic E-state index is 12.5. The van der Waals surface area contributed by atoms with Crippen LogP contribution in [0.4, 0.5) is 0 Å². The predicted molar refractivity (Wildman–Crippen MR) is 74.9 cm³/mol. The van der Waals surface area contributed by atoms with Gasteiger partial charge in [0.25, 0.3) is 0 Å². The quantitative estimate of drug-likeness (QED) is 0.822. The van der Waals surface area contributed by atoms with Crippen molar-refractivity contribution in [1.82, 2.24) is 9.71 Å². The minimum Gasteiger partial charge on any atom is -0.469 e. The average molecular weight is 316 g/mol. The van der Waals surface area contributed by atoms with Crippen LogP contribution in [0.3, 0.4) is 0 Å². The summed E-state index contributed by atoms with van der Waals surface area (Å²) >= 11 is 0. The Hall–Kier alpha value is -1.41. The fraction of sp³-hybridized carbons (Fsp3) is 0.692. The smallest absolute Gasteiger partial charge is 0.310 e. The van der Waals surface area contributed by atoms with Gasteiger partial charge in [0.2, 0.25) is 15.9 Å². The first-order valence-corrected chi connectivity index (χ1v) is 8.41. The van der Waals surface area contributed by atoms with Crippen LogP contribution in [-0.2, 0) is 19.6 Å². The highest BCUT2D eigenvalue weighted by molar-refractivity contribution is 7.90. The number of nitrogens with one attached hydrogen (secondary N) is 1. The highest BCUT2D eigenvalue weighted by atomic mass is 32.2. The second kappa shape index (κ2) is 6.15. The average Bonchev–Trinajstić information content (AvgIpc) is 3.05. The summed E-state index contributed by atoms with van der Waals surface area (Å²) in [5, 5.41) is -0.761. The number of nitrogens with zero attached hydrogens (tertiary/aromatic N) is 1. The summed E-state index contributed by atoms with van der Waals surface area (Å²) in [7, 11) is -2.38. The van der Waals surface area contributed by atoms with Crippen LogP contribution >= 0.6 is 0 Å². The molecule has 1 aromatic heterocycles. The Morgan fingerprint density at radius 3 is 2.81 bits per heavy atom. The van der Waals surface area contributed by atoms with Crippen molar-refractivity contribution in [2.24, 2.45) is 5.92 Å². The Balaban J connectivity index is 2.12. The van der Waals surface area contributed by atoms with E-state index >= 15 is 0 Å². The topological polar surface area (TPSA) is 98.5 Å². The summed E-state index contributed by atoms with van der Waals surface area (Å²) in [5.41, 5.74) is 0. The first kappa shape index (κ1) is 16.0. The number of hydrogen-bond acceptors (Lipinski definition) is 6. The molecule has 0 aromatic carbocycles. The van der Waals surface area contributed by atoms with Crippen molar-refractivity contribution in [2.45, 2.75) is 44.4 Å². The lowest BCUT2D eigenvalue weighted by atomic mass is 10.1. The first-order valence-electron chi connectivity index (χ1n) is 6.86. The molecule has 1 aliphatic carbocycles. The van der Waals surface area contributed by atoms with Gasteiger partial charge in [-0.25, -0.2) is 18.1 Å². The molecule has 0 aliphatic heterocycles. The van der Waals surface area contributed by atoms with Crippen LogP contribution in [0.1, 0.15) is 43.9 Å². The number of ether oxygens (including phenoxy) is 1. The molecule has 1 aromatic rings. The standard InChI is InChI=1S/C13H20N2O5S/c1-8-7-14-12(20-8)9(2)15-21(17,18)11-6-4-5-10(11)13(16)19-3/h7,9-11,15H,4-6H2,1-3H3. The summed E-state index contributed by atoms with van der Waals surface area (Å²) in [6, 6.07) is -0.581. The van der Waals surface area contributed by atoms with Crippen LogP contribution in [0, 0.1) is 12.8 Å². The van der Waals surface area contributed by atoms with Crippen LogP contribution in [0.5, 0.6) is 0 Å². The molecule has 1 N–H and O–H groups in total. The summed E-state index contributed by atoms with van der Waals surface area (Å²) in [6.45, 7) is 3.40. The van der Waals surface area contributed by atoms with E-state index in [2.05, 4.69) is 9.71 Å². The third kappa shape index (κ3) is 3.44. The molecule has 0 bridgehead atoms. The zero-order valence-electron chi connectivity index (χ0n) is 12.3. The number of carbonyl (C=O) groups is 1. The molecular formula is C13H20N2O5S. The predicted octanol–water partition coefficient (Wildman–Crippen LogP) is 1.31. The fourth-order valence-corrected chi connectivity index (χ4v) is 4.60. The molecule has 3 atom stereocenters. The van der Waals surface area contributed by atoms with E-state index in [1.807, 2.05) is 0 Å². The van der Waals surface area contributed by atoms with Gasteiger partial charge in [-0.05, 0) is 26.7 Å². The molecule has 0 saturated heterocycles. The zero-order chi connectivity index (χ0) is 15.6. The number of rotatable bonds is 5. The van der Waals surface area contributed by atoms with Crippen molar-refractivity contribution in [3.63, 3.8) is 0 Å². The van der Waals surface area contributed by atoms with Crippen molar-refractivity contribution in [2.75, 3.05) is 7.11 Å². The molecule has 2 rings (SSSR count). The lowest BCUT2D eigenvalue weighted by molar-refractivity contribution is -0.145. The largest absolute Gasteiger partial charge is 0.469 e. The Kier molecular flexibility index (Phi) is 4.67. The molecule has 0 radical (unpaired) electrons. The van der Waals surface area contributed by atoms with E-state index in [9.17, 15) is 13.2 Å². The van der Waals surface area contributed by atoms with E-state index in [1.54, 1.807) is 13.8 Å². The van der Waals surface area contributed by atoms with Gasteiger partial charge in [-0.1, -0.05) is 6.42 Å². The lowest BCUT2D eigenvalue weighted by Gasteiger charge is -2.20. The third-order valence-electron chi connectivity index (χ3n) is 3.71. The molecule has 1 fully saturated rings. The van der Waals surface area contributed by atoms with Crippen LogP contribution in [0.25, 0.3) is 0 Å². The molecule has 3 unspecified atom stereocenters. The Morgan fingerprint density at radius 1 is 1.52 bits per heavy atom. The summed E-state index contributed by atoms with van der Waals surface area (Å²) in [6.07, 6.45) is 3.21. The SMILES string of the molecule is COC(=O)C1CCCC1S(=O)(=O)NC(C)c1ncc(C)o1. The Labute approximate surface area is 124 Å². The van der Waals surface area contributed by atoms with Crippen molar-refractivity contribution in [1.29, 1.82) is 0 Å². The zero-order valence-corrected chi connectivity index (χ0v) is 13.1. The Bertz CT molecular complexity index is 610. The third-order valence-corrected chi connectivity index (χ3v) is 5.75. The minimum atomic E-state index is -3.65. The van der Waals surface area contributed by atoms with E-state index in [0.717, 1.165) is 0 Å². The number of aromatic nitrogens is 1. The van der Waals surface area contributed by atoms with Gasteiger partial charge in [-0.3, -0.25) is 4.79 Å². The van der Waals surface area contributed by atoms with Crippen molar-refractivity contribution >= 4 is 16.0 Å².